The Morgan fingerprint density at radius 2 is 0.935 bits per heavy atom. The van der Waals surface area contributed by atoms with E-state index >= 15 is 0 Å². The minimum Gasteiger partial charge on any atom is -0.256 e. The summed E-state index contributed by atoms with van der Waals surface area (Å²) in [5.41, 5.74) is 9.03. The highest BCUT2D eigenvalue weighted by molar-refractivity contribution is 6.25. The summed E-state index contributed by atoms with van der Waals surface area (Å²) in [5.74, 6) is 0.678. The molecule has 9 rings (SSSR count). The molecule has 0 unspecified atom stereocenters. The van der Waals surface area contributed by atoms with Crippen LogP contribution in [0.4, 0.5) is 0 Å². The monoisotopic (exact) mass is 585 g/mol. The quantitative estimate of drug-likeness (QED) is 0.189. The highest BCUT2D eigenvalue weighted by atomic mass is 14.9. The maximum absolute atomic E-state index is 5.17. The molecule has 0 saturated heterocycles. The molecule has 0 aliphatic rings. The fraction of sp³-hybridized carbons (Fsp3) is 0. The maximum atomic E-state index is 5.17. The van der Waals surface area contributed by atoms with Gasteiger partial charge in [0, 0.05) is 28.5 Å². The number of hydrogen-bond acceptors (Lipinski definition) is 3. The highest BCUT2D eigenvalue weighted by Gasteiger charge is 2.17. The molecule has 0 bridgehead atoms. The predicted octanol–water partition coefficient (Wildman–Crippen LogP) is 11.1. The van der Waals surface area contributed by atoms with Crippen LogP contribution in [0, 0.1) is 0 Å². The van der Waals surface area contributed by atoms with Crippen molar-refractivity contribution in [3.05, 3.63) is 164 Å². The van der Waals surface area contributed by atoms with Crippen LogP contribution >= 0.6 is 0 Å². The zero-order valence-electron chi connectivity index (χ0n) is 24.9. The van der Waals surface area contributed by atoms with Crippen molar-refractivity contribution in [2.75, 3.05) is 0 Å². The third-order valence-electron chi connectivity index (χ3n) is 8.86. The van der Waals surface area contributed by atoms with Crippen LogP contribution in [0.5, 0.6) is 0 Å². The Kier molecular flexibility index (Phi) is 6.14. The van der Waals surface area contributed by atoms with E-state index in [9.17, 15) is 0 Å². The summed E-state index contributed by atoms with van der Waals surface area (Å²) >= 11 is 0. The van der Waals surface area contributed by atoms with Gasteiger partial charge in [-0.2, -0.15) is 0 Å². The van der Waals surface area contributed by atoms with Crippen LogP contribution in [0.3, 0.4) is 0 Å². The normalized spacial score (nSPS) is 11.5. The average molecular weight is 586 g/mol. The molecule has 0 atom stereocenters. The van der Waals surface area contributed by atoms with Crippen molar-refractivity contribution in [2.45, 2.75) is 0 Å². The fourth-order valence-electron chi connectivity index (χ4n) is 6.67. The number of aromatic nitrogens is 3. The van der Waals surface area contributed by atoms with Gasteiger partial charge in [-0.15, -0.1) is 0 Å². The van der Waals surface area contributed by atoms with E-state index in [1.165, 1.54) is 37.9 Å². The van der Waals surface area contributed by atoms with Crippen LogP contribution in [0.15, 0.2) is 164 Å². The number of rotatable bonds is 5. The Labute approximate surface area is 266 Å². The molecule has 46 heavy (non-hydrogen) atoms. The molecule has 3 heteroatoms. The second-order valence-electron chi connectivity index (χ2n) is 11.7. The first-order valence-corrected chi connectivity index (χ1v) is 15.5. The van der Waals surface area contributed by atoms with Gasteiger partial charge in [0.05, 0.1) is 17.1 Å². The van der Waals surface area contributed by atoms with Gasteiger partial charge >= 0.3 is 0 Å². The van der Waals surface area contributed by atoms with E-state index in [-0.39, 0.29) is 0 Å². The van der Waals surface area contributed by atoms with Crippen molar-refractivity contribution in [2.24, 2.45) is 0 Å². The van der Waals surface area contributed by atoms with Gasteiger partial charge < -0.3 is 0 Å². The van der Waals surface area contributed by atoms with Gasteiger partial charge in [-0.3, -0.25) is 4.98 Å². The van der Waals surface area contributed by atoms with Crippen molar-refractivity contribution in [1.29, 1.82) is 0 Å². The molecule has 214 valence electrons. The van der Waals surface area contributed by atoms with E-state index in [0.29, 0.717) is 5.82 Å². The van der Waals surface area contributed by atoms with Crippen molar-refractivity contribution in [3.63, 3.8) is 0 Å². The molecular weight excluding hydrogens is 558 g/mol. The van der Waals surface area contributed by atoms with Crippen LogP contribution in [0.25, 0.3) is 88.6 Å². The Morgan fingerprint density at radius 1 is 0.348 bits per heavy atom. The smallest absolute Gasteiger partial charge is 0.160 e. The van der Waals surface area contributed by atoms with Gasteiger partial charge in [-0.05, 0) is 79.8 Å². The molecule has 2 heterocycles. The summed E-state index contributed by atoms with van der Waals surface area (Å²) in [6, 6.07) is 55.4. The van der Waals surface area contributed by atoms with Crippen LogP contribution in [0.1, 0.15) is 0 Å². The second kappa shape index (κ2) is 10.8. The van der Waals surface area contributed by atoms with Crippen LogP contribution in [-0.4, -0.2) is 15.0 Å². The standard InChI is InChI=1S/C43H27N3/c1-3-10-28(11-4-1)39-27-40(29-12-5-2-6-13-29)46-43(45-39)35-25-33(24-34(26-35)38-16-7-8-23-44-38)36-21-19-32-18-17-30-14-9-15-31-20-22-37(36)42(32)41(30)31/h1-27H. The molecule has 0 fully saturated rings. The van der Waals surface area contributed by atoms with Gasteiger partial charge in [0.15, 0.2) is 5.82 Å². The molecule has 2 aromatic heterocycles. The zero-order chi connectivity index (χ0) is 30.5. The molecule has 0 radical (unpaired) electrons. The Bertz CT molecular complexity index is 2430. The highest BCUT2D eigenvalue weighted by Crippen LogP contribution is 2.41. The Morgan fingerprint density at radius 3 is 1.61 bits per heavy atom. The van der Waals surface area contributed by atoms with Crippen LogP contribution < -0.4 is 0 Å². The van der Waals surface area contributed by atoms with Gasteiger partial charge in [0.2, 0.25) is 0 Å². The number of nitrogens with zero attached hydrogens (tertiary/aromatic N) is 3. The lowest BCUT2D eigenvalue weighted by atomic mass is 9.88. The van der Waals surface area contributed by atoms with Crippen LogP contribution in [-0.2, 0) is 0 Å². The minimum atomic E-state index is 0.678. The summed E-state index contributed by atoms with van der Waals surface area (Å²) in [5, 5.41) is 7.61. The first kappa shape index (κ1) is 26.2. The SMILES string of the molecule is c1ccc(-c2cc(-c3ccccc3)nc(-c3cc(-c4ccccn4)cc(-c4ccc5ccc6cccc7ccc4c5c67)c3)n2)cc1. The second-order valence-corrected chi connectivity index (χ2v) is 11.7. The van der Waals surface area contributed by atoms with Crippen molar-refractivity contribution < 1.29 is 0 Å². The topological polar surface area (TPSA) is 38.7 Å². The molecule has 0 saturated carbocycles. The molecule has 0 amide bonds. The van der Waals surface area contributed by atoms with Crippen molar-refractivity contribution >= 4 is 32.3 Å². The van der Waals surface area contributed by atoms with Crippen molar-refractivity contribution in [3.8, 4) is 56.3 Å². The van der Waals surface area contributed by atoms with Gasteiger partial charge in [0.25, 0.3) is 0 Å². The average Bonchev–Trinajstić information content (AvgIpc) is 3.14. The lowest BCUT2D eigenvalue weighted by molar-refractivity contribution is 1.18. The maximum Gasteiger partial charge on any atom is 0.160 e. The van der Waals surface area contributed by atoms with E-state index in [0.717, 1.165) is 44.9 Å². The zero-order valence-corrected chi connectivity index (χ0v) is 24.9. The lowest BCUT2D eigenvalue weighted by Gasteiger charge is -2.16. The third-order valence-corrected chi connectivity index (χ3v) is 8.86. The summed E-state index contributed by atoms with van der Waals surface area (Å²) in [6.07, 6.45) is 1.85. The van der Waals surface area contributed by atoms with E-state index in [1.54, 1.807) is 0 Å². The van der Waals surface area contributed by atoms with E-state index in [2.05, 4.69) is 109 Å². The Hall–Kier alpha value is -6.19. The molecule has 0 spiro atoms. The predicted molar refractivity (Wildman–Crippen MR) is 191 cm³/mol. The van der Waals surface area contributed by atoms with Crippen molar-refractivity contribution in [1.82, 2.24) is 15.0 Å². The van der Waals surface area contributed by atoms with E-state index in [1.807, 2.05) is 54.7 Å². The van der Waals surface area contributed by atoms with Gasteiger partial charge in [-0.1, -0.05) is 121 Å². The summed E-state index contributed by atoms with van der Waals surface area (Å²) in [4.78, 5) is 15.1. The number of pyridine rings is 1. The first-order chi connectivity index (χ1) is 22.8. The van der Waals surface area contributed by atoms with Crippen LogP contribution in [0.2, 0.25) is 0 Å². The van der Waals surface area contributed by atoms with E-state index in [4.69, 9.17) is 15.0 Å². The summed E-state index contributed by atoms with van der Waals surface area (Å²) in [7, 11) is 0. The van der Waals surface area contributed by atoms with Gasteiger partial charge in [-0.25, -0.2) is 9.97 Å². The minimum absolute atomic E-state index is 0.678. The first-order valence-electron chi connectivity index (χ1n) is 15.5. The fourth-order valence-corrected chi connectivity index (χ4v) is 6.67. The van der Waals surface area contributed by atoms with E-state index < -0.39 is 0 Å². The molecule has 7 aromatic carbocycles. The summed E-state index contributed by atoms with van der Waals surface area (Å²) < 4.78 is 0. The largest absolute Gasteiger partial charge is 0.256 e. The summed E-state index contributed by atoms with van der Waals surface area (Å²) in [6.45, 7) is 0. The molecule has 0 aliphatic heterocycles. The molecule has 0 N–H and O–H groups in total. The number of hydrogen-bond donors (Lipinski definition) is 0. The Balaban J connectivity index is 1.31. The molecule has 9 aromatic rings. The molecule has 3 nitrogen and oxygen atoms in total. The number of benzene rings is 7. The third kappa shape index (κ3) is 4.49. The molecule has 0 aliphatic carbocycles. The lowest BCUT2D eigenvalue weighted by Crippen LogP contribution is -1.97. The van der Waals surface area contributed by atoms with Gasteiger partial charge in [0.1, 0.15) is 0 Å². The molecular formula is C43H27N3.